The third-order valence-electron chi connectivity index (χ3n) is 4.38. The lowest BCUT2D eigenvalue weighted by Crippen LogP contribution is -2.38. The highest BCUT2D eigenvalue weighted by Gasteiger charge is 2.31. The molecule has 0 radical (unpaired) electrons. The van der Waals surface area contributed by atoms with E-state index in [-0.39, 0.29) is 17.6 Å². The van der Waals surface area contributed by atoms with Crippen molar-refractivity contribution in [2.45, 2.75) is 44.3 Å². The average molecular weight is 367 g/mol. The first-order valence-corrected chi connectivity index (χ1v) is 10.0. The summed E-state index contributed by atoms with van der Waals surface area (Å²) in [5.74, 6) is 0.840. The van der Waals surface area contributed by atoms with Crippen molar-refractivity contribution in [1.29, 1.82) is 0 Å². The Kier molecular flexibility index (Phi) is 5.19. The van der Waals surface area contributed by atoms with Gasteiger partial charge in [0.05, 0.1) is 5.75 Å². The lowest BCUT2D eigenvalue weighted by molar-refractivity contribution is 0.284. The number of nitrogens with zero attached hydrogens (tertiary/aromatic N) is 3. The summed E-state index contributed by atoms with van der Waals surface area (Å²) in [6.45, 7) is 4.78. The normalized spacial score (nSPS) is 17.3. The number of sulfonamides is 1. The van der Waals surface area contributed by atoms with Crippen molar-refractivity contribution in [2.75, 3.05) is 13.1 Å². The van der Waals surface area contributed by atoms with Crippen molar-refractivity contribution in [2.24, 2.45) is 0 Å². The molecule has 1 aliphatic rings. The van der Waals surface area contributed by atoms with Gasteiger partial charge in [-0.1, -0.05) is 26.0 Å². The maximum Gasteiger partial charge on any atom is 0.219 e. The number of halogens is 1. The Morgan fingerprint density at radius 1 is 1.28 bits per heavy atom. The minimum absolute atomic E-state index is 0.0839. The van der Waals surface area contributed by atoms with Crippen molar-refractivity contribution < 1.29 is 17.2 Å². The molecule has 6 nitrogen and oxygen atoms in total. The SMILES string of the molecule is CC(C)c1nnc(C2CCN(S(=O)(=O)Cc3cccc(F)c3)CC2)o1. The summed E-state index contributed by atoms with van der Waals surface area (Å²) in [5.41, 5.74) is 0.459. The van der Waals surface area contributed by atoms with Crippen LogP contribution in [0.1, 0.15) is 55.9 Å². The van der Waals surface area contributed by atoms with Crippen LogP contribution in [0, 0.1) is 5.82 Å². The van der Waals surface area contributed by atoms with Gasteiger partial charge in [0.15, 0.2) is 0 Å². The summed E-state index contributed by atoms with van der Waals surface area (Å²) < 4.78 is 45.5. The third kappa shape index (κ3) is 4.24. The van der Waals surface area contributed by atoms with Gasteiger partial charge in [0.1, 0.15) is 5.82 Å². The lowest BCUT2D eigenvalue weighted by atomic mass is 9.98. The van der Waals surface area contributed by atoms with E-state index in [0.717, 1.165) is 0 Å². The number of hydrogen-bond donors (Lipinski definition) is 0. The maximum atomic E-state index is 13.3. The summed E-state index contributed by atoms with van der Waals surface area (Å²) in [6, 6.07) is 5.71. The Balaban J connectivity index is 1.62. The van der Waals surface area contributed by atoms with Crippen LogP contribution in [0.5, 0.6) is 0 Å². The average Bonchev–Trinajstić information content (AvgIpc) is 3.05. The van der Waals surface area contributed by atoms with E-state index in [1.807, 2.05) is 13.8 Å². The zero-order valence-electron chi connectivity index (χ0n) is 14.4. The standard InChI is InChI=1S/C17H22FN3O3S/c1-12(2)16-19-20-17(24-16)14-6-8-21(9-7-14)25(22,23)11-13-4-3-5-15(18)10-13/h3-5,10,12,14H,6-9,11H2,1-2H3. The van der Waals surface area contributed by atoms with E-state index in [1.54, 1.807) is 6.07 Å². The van der Waals surface area contributed by atoms with E-state index >= 15 is 0 Å². The number of piperidine rings is 1. The molecule has 136 valence electrons. The summed E-state index contributed by atoms with van der Waals surface area (Å²) in [6.07, 6.45) is 1.28. The van der Waals surface area contributed by atoms with Gasteiger partial charge >= 0.3 is 0 Å². The highest BCUT2D eigenvalue weighted by atomic mass is 32.2. The summed E-state index contributed by atoms with van der Waals surface area (Å²) in [7, 11) is -3.47. The lowest BCUT2D eigenvalue weighted by Gasteiger charge is -2.29. The molecule has 0 atom stereocenters. The molecule has 0 aliphatic carbocycles. The predicted octanol–water partition coefficient (Wildman–Crippen LogP) is 3.04. The van der Waals surface area contributed by atoms with Crippen LogP contribution < -0.4 is 0 Å². The molecule has 1 saturated heterocycles. The second-order valence-corrected chi connectivity index (χ2v) is 8.66. The van der Waals surface area contributed by atoms with E-state index in [1.165, 1.54) is 22.5 Å². The van der Waals surface area contributed by atoms with Gasteiger partial charge in [-0.25, -0.2) is 17.1 Å². The van der Waals surface area contributed by atoms with Crippen molar-refractivity contribution in [3.8, 4) is 0 Å². The Morgan fingerprint density at radius 2 is 2.00 bits per heavy atom. The van der Waals surface area contributed by atoms with Crippen molar-refractivity contribution in [1.82, 2.24) is 14.5 Å². The number of rotatable bonds is 5. The minimum Gasteiger partial charge on any atom is -0.425 e. The molecule has 0 saturated carbocycles. The molecule has 1 aromatic carbocycles. The summed E-state index contributed by atoms with van der Waals surface area (Å²) >= 11 is 0. The number of hydrogen-bond acceptors (Lipinski definition) is 5. The highest BCUT2D eigenvalue weighted by molar-refractivity contribution is 7.88. The first-order chi connectivity index (χ1) is 11.8. The van der Waals surface area contributed by atoms with E-state index in [0.29, 0.717) is 43.3 Å². The van der Waals surface area contributed by atoms with Crippen LogP contribution in [0.3, 0.4) is 0 Å². The van der Waals surface area contributed by atoms with Crippen LogP contribution in [-0.2, 0) is 15.8 Å². The molecule has 0 bridgehead atoms. The minimum atomic E-state index is -3.47. The Labute approximate surface area is 147 Å². The molecule has 1 fully saturated rings. The second kappa shape index (κ2) is 7.21. The molecule has 1 aromatic heterocycles. The molecule has 25 heavy (non-hydrogen) atoms. The topological polar surface area (TPSA) is 76.3 Å². The predicted molar refractivity (Wildman–Crippen MR) is 91.0 cm³/mol. The number of benzene rings is 1. The molecule has 3 rings (SSSR count). The van der Waals surface area contributed by atoms with E-state index in [2.05, 4.69) is 10.2 Å². The van der Waals surface area contributed by atoms with Gasteiger partial charge in [0.2, 0.25) is 21.8 Å². The Morgan fingerprint density at radius 3 is 2.60 bits per heavy atom. The van der Waals surface area contributed by atoms with E-state index < -0.39 is 15.8 Å². The molecule has 0 unspecified atom stereocenters. The fraction of sp³-hybridized carbons (Fsp3) is 0.529. The summed E-state index contributed by atoms with van der Waals surface area (Å²) in [5, 5.41) is 8.14. The molecular formula is C17H22FN3O3S. The maximum absolute atomic E-state index is 13.3. The van der Waals surface area contributed by atoms with Crippen LogP contribution in [0.15, 0.2) is 28.7 Å². The molecule has 0 N–H and O–H groups in total. The van der Waals surface area contributed by atoms with E-state index in [4.69, 9.17) is 4.42 Å². The smallest absolute Gasteiger partial charge is 0.219 e. The summed E-state index contributed by atoms with van der Waals surface area (Å²) in [4.78, 5) is 0. The van der Waals surface area contributed by atoms with Crippen molar-refractivity contribution in [3.05, 3.63) is 47.4 Å². The second-order valence-electron chi connectivity index (χ2n) is 6.69. The zero-order chi connectivity index (χ0) is 18.0. The van der Waals surface area contributed by atoms with Crippen LogP contribution in [-0.4, -0.2) is 36.0 Å². The van der Waals surface area contributed by atoms with Gasteiger partial charge in [-0.05, 0) is 30.5 Å². The molecular weight excluding hydrogens is 345 g/mol. The largest absolute Gasteiger partial charge is 0.425 e. The van der Waals surface area contributed by atoms with Crippen molar-refractivity contribution >= 4 is 10.0 Å². The molecule has 1 aliphatic heterocycles. The Bertz CT molecular complexity index is 827. The fourth-order valence-electron chi connectivity index (χ4n) is 2.95. The van der Waals surface area contributed by atoms with Gasteiger partial charge in [-0.2, -0.15) is 0 Å². The van der Waals surface area contributed by atoms with Gasteiger partial charge < -0.3 is 4.42 Å². The first-order valence-electron chi connectivity index (χ1n) is 8.40. The quantitative estimate of drug-likeness (QED) is 0.812. The van der Waals surface area contributed by atoms with Gasteiger partial charge in [-0.15, -0.1) is 10.2 Å². The Hall–Kier alpha value is -1.80. The molecule has 0 spiro atoms. The van der Waals surface area contributed by atoms with Crippen molar-refractivity contribution in [3.63, 3.8) is 0 Å². The zero-order valence-corrected chi connectivity index (χ0v) is 15.2. The molecule has 2 aromatic rings. The fourth-order valence-corrected chi connectivity index (χ4v) is 4.50. The molecule has 0 amide bonds. The van der Waals surface area contributed by atoms with Crippen LogP contribution in [0.25, 0.3) is 0 Å². The van der Waals surface area contributed by atoms with Crippen LogP contribution in [0.4, 0.5) is 4.39 Å². The van der Waals surface area contributed by atoms with Gasteiger partial charge in [-0.3, -0.25) is 0 Å². The first kappa shape index (κ1) is 18.0. The third-order valence-corrected chi connectivity index (χ3v) is 6.23. The van der Waals surface area contributed by atoms with E-state index in [9.17, 15) is 12.8 Å². The monoisotopic (exact) mass is 367 g/mol. The van der Waals surface area contributed by atoms with Crippen LogP contribution in [0.2, 0.25) is 0 Å². The van der Waals surface area contributed by atoms with Gasteiger partial charge in [0, 0.05) is 24.9 Å². The number of aromatic nitrogens is 2. The van der Waals surface area contributed by atoms with Gasteiger partial charge in [0.25, 0.3) is 0 Å². The molecule has 2 heterocycles. The highest BCUT2D eigenvalue weighted by Crippen LogP contribution is 2.30. The molecule has 8 heteroatoms. The van der Waals surface area contributed by atoms with Crippen LogP contribution >= 0.6 is 0 Å².